The Balaban J connectivity index is 1.22. The van der Waals surface area contributed by atoms with Crippen LogP contribution in [-0.2, 0) is 4.74 Å². The van der Waals surface area contributed by atoms with Crippen LogP contribution in [0.15, 0.2) is 48.5 Å². The highest BCUT2D eigenvalue weighted by molar-refractivity contribution is 5.86. The Morgan fingerprint density at radius 1 is 1.00 bits per heavy atom. The van der Waals surface area contributed by atoms with Gasteiger partial charge in [-0.2, -0.15) is 10.3 Å². The first-order valence-electron chi connectivity index (χ1n) is 10.4. The van der Waals surface area contributed by atoms with E-state index in [9.17, 15) is 14.7 Å². The summed E-state index contributed by atoms with van der Waals surface area (Å²) in [6.45, 7) is 1.28. The Morgan fingerprint density at radius 3 is 2.23 bits per heavy atom. The number of carbonyl (C=O) groups excluding carboxylic acids is 1. The molecule has 1 aliphatic carbocycles. The number of ether oxygens (including phenoxy) is 1. The minimum Gasteiger partial charge on any atom is -0.476 e. The van der Waals surface area contributed by atoms with Gasteiger partial charge in [-0.25, -0.2) is 9.59 Å². The second-order valence-corrected chi connectivity index (χ2v) is 7.93. The SMILES string of the molecule is O=C(O)c1n[nH]nc1C1CCN(C(=O)OCC2c3ccccc3-c3ccccc32)CC1. The number of hydrogen-bond donors (Lipinski definition) is 2. The fraction of sp³-hybridized carbons (Fsp3) is 0.304. The van der Waals surface area contributed by atoms with Crippen LogP contribution in [0.25, 0.3) is 11.1 Å². The summed E-state index contributed by atoms with van der Waals surface area (Å²) >= 11 is 0. The van der Waals surface area contributed by atoms with Gasteiger partial charge in [0.25, 0.3) is 0 Å². The van der Waals surface area contributed by atoms with Crippen molar-refractivity contribution in [2.75, 3.05) is 19.7 Å². The minimum atomic E-state index is -1.09. The number of carboxylic acids is 1. The van der Waals surface area contributed by atoms with Crippen molar-refractivity contribution in [3.05, 3.63) is 71.0 Å². The van der Waals surface area contributed by atoms with Gasteiger partial charge in [-0.1, -0.05) is 48.5 Å². The van der Waals surface area contributed by atoms with Crippen LogP contribution >= 0.6 is 0 Å². The van der Waals surface area contributed by atoms with Crippen LogP contribution in [0.1, 0.15) is 52.0 Å². The maximum Gasteiger partial charge on any atom is 0.409 e. The molecule has 158 valence electrons. The van der Waals surface area contributed by atoms with Gasteiger partial charge < -0.3 is 14.7 Å². The minimum absolute atomic E-state index is 0.0298. The van der Waals surface area contributed by atoms with Gasteiger partial charge in [-0.15, -0.1) is 5.10 Å². The zero-order chi connectivity index (χ0) is 21.4. The van der Waals surface area contributed by atoms with Crippen LogP contribution in [0.4, 0.5) is 4.79 Å². The topological polar surface area (TPSA) is 108 Å². The maximum absolute atomic E-state index is 12.7. The predicted molar refractivity (Wildman–Crippen MR) is 112 cm³/mol. The number of amides is 1. The molecule has 0 unspecified atom stereocenters. The van der Waals surface area contributed by atoms with Crippen LogP contribution in [0.5, 0.6) is 0 Å². The number of rotatable bonds is 4. The molecular formula is C23H22N4O4. The van der Waals surface area contributed by atoms with Crippen LogP contribution in [0, 0.1) is 0 Å². The number of carboxylic acid groups (broad SMARTS) is 1. The van der Waals surface area contributed by atoms with Gasteiger partial charge in [0.05, 0.1) is 0 Å². The summed E-state index contributed by atoms with van der Waals surface area (Å²) < 4.78 is 5.73. The Hall–Kier alpha value is -3.68. The Labute approximate surface area is 178 Å². The number of aromatic carboxylic acids is 1. The number of carbonyl (C=O) groups is 2. The van der Waals surface area contributed by atoms with Gasteiger partial charge in [-0.3, -0.25) is 0 Å². The third kappa shape index (κ3) is 3.43. The van der Waals surface area contributed by atoms with Gasteiger partial charge in [0.2, 0.25) is 0 Å². The molecule has 2 heterocycles. The van der Waals surface area contributed by atoms with Crippen molar-refractivity contribution in [3.8, 4) is 11.1 Å². The first kappa shape index (κ1) is 19.3. The van der Waals surface area contributed by atoms with Crippen molar-refractivity contribution in [2.45, 2.75) is 24.7 Å². The molecule has 2 N–H and O–H groups in total. The van der Waals surface area contributed by atoms with E-state index in [4.69, 9.17) is 4.74 Å². The molecule has 3 aromatic rings. The number of nitrogens with one attached hydrogen (secondary N) is 1. The number of H-pyrrole nitrogens is 1. The molecule has 0 atom stereocenters. The van der Waals surface area contributed by atoms with Crippen LogP contribution < -0.4 is 0 Å². The summed E-state index contributed by atoms with van der Waals surface area (Å²) in [5, 5.41) is 19.3. The number of piperidine rings is 1. The van der Waals surface area contributed by atoms with Crippen LogP contribution in [0.3, 0.4) is 0 Å². The number of benzene rings is 2. The third-order valence-electron chi connectivity index (χ3n) is 6.25. The van der Waals surface area contributed by atoms with E-state index in [1.807, 2.05) is 24.3 Å². The lowest BCUT2D eigenvalue weighted by Crippen LogP contribution is -2.39. The third-order valence-corrected chi connectivity index (χ3v) is 6.25. The summed E-state index contributed by atoms with van der Waals surface area (Å²) in [6, 6.07) is 16.5. The fourth-order valence-corrected chi connectivity index (χ4v) is 4.70. The highest BCUT2D eigenvalue weighted by atomic mass is 16.6. The van der Waals surface area contributed by atoms with Gasteiger partial charge in [-0.05, 0) is 35.1 Å². The average Bonchev–Trinajstić information content (AvgIpc) is 3.41. The van der Waals surface area contributed by atoms with E-state index >= 15 is 0 Å². The predicted octanol–water partition coefficient (Wildman–Crippen LogP) is 3.63. The molecule has 5 rings (SSSR count). The maximum atomic E-state index is 12.7. The fourth-order valence-electron chi connectivity index (χ4n) is 4.70. The Morgan fingerprint density at radius 2 is 1.61 bits per heavy atom. The second kappa shape index (κ2) is 7.86. The Bertz CT molecular complexity index is 1090. The molecule has 2 aromatic carbocycles. The highest BCUT2D eigenvalue weighted by Crippen LogP contribution is 2.44. The standard InChI is InChI=1S/C23H22N4O4/c28-22(29)21-20(24-26-25-21)14-9-11-27(12-10-14)23(30)31-13-19-17-7-3-1-5-15(17)16-6-2-4-8-18(16)19/h1-8,14,19H,9-13H2,(H,28,29)(H,24,25,26). The van der Waals surface area contributed by atoms with E-state index in [0.29, 0.717) is 38.2 Å². The van der Waals surface area contributed by atoms with Crippen LogP contribution in [0.2, 0.25) is 0 Å². The van der Waals surface area contributed by atoms with Crippen molar-refractivity contribution >= 4 is 12.1 Å². The molecule has 1 fully saturated rings. The molecule has 0 spiro atoms. The first-order chi connectivity index (χ1) is 15.1. The first-order valence-corrected chi connectivity index (χ1v) is 10.4. The average molecular weight is 418 g/mol. The molecule has 31 heavy (non-hydrogen) atoms. The lowest BCUT2D eigenvalue weighted by Gasteiger charge is -2.31. The Kier molecular flexibility index (Phi) is 4.89. The second-order valence-electron chi connectivity index (χ2n) is 7.93. The summed E-state index contributed by atoms with van der Waals surface area (Å²) in [7, 11) is 0. The van der Waals surface area contributed by atoms with Gasteiger partial charge in [0.15, 0.2) is 5.69 Å². The van der Waals surface area contributed by atoms with Crippen LogP contribution in [-0.4, -0.2) is 57.2 Å². The van der Waals surface area contributed by atoms with E-state index in [2.05, 4.69) is 39.7 Å². The summed E-state index contributed by atoms with van der Waals surface area (Å²) in [5.74, 6) is -1.10. The van der Waals surface area contributed by atoms with Gasteiger partial charge in [0.1, 0.15) is 12.3 Å². The number of fused-ring (bicyclic) bond motifs is 3. The van der Waals surface area contributed by atoms with E-state index in [-0.39, 0.29) is 23.6 Å². The quantitative estimate of drug-likeness (QED) is 0.670. The molecule has 0 radical (unpaired) electrons. The largest absolute Gasteiger partial charge is 0.476 e. The molecule has 8 nitrogen and oxygen atoms in total. The molecule has 0 saturated carbocycles. The lowest BCUT2D eigenvalue weighted by atomic mass is 9.92. The number of aromatic amines is 1. The number of likely N-dealkylation sites (tertiary alicyclic amines) is 1. The van der Waals surface area contributed by atoms with Crippen molar-refractivity contribution in [1.29, 1.82) is 0 Å². The van der Waals surface area contributed by atoms with Crippen molar-refractivity contribution in [3.63, 3.8) is 0 Å². The molecule has 2 aliphatic rings. The molecule has 1 aliphatic heterocycles. The normalized spacial score (nSPS) is 16.1. The van der Waals surface area contributed by atoms with Crippen molar-refractivity contribution in [2.24, 2.45) is 0 Å². The summed E-state index contributed by atoms with van der Waals surface area (Å²) in [6.07, 6.45) is 0.910. The molecule has 1 saturated heterocycles. The van der Waals surface area contributed by atoms with Crippen molar-refractivity contribution in [1.82, 2.24) is 20.3 Å². The molecular weight excluding hydrogens is 396 g/mol. The van der Waals surface area contributed by atoms with E-state index in [0.717, 1.165) is 0 Å². The monoisotopic (exact) mass is 418 g/mol. The summed E-state index contributed by atoms with van der Waals surface area (Å²) in [5.41, 5.74) is 5.17. The van der Waals surface area contributed by atoms with E-state index < -0.39 is 5.97 Å². The van der Waals surface area contributed by atoms with E-state index in [1.54, 1.807) is 4.90 Å². The van der Waals surface area contributed by atoms with E-state index in [1.165, 1.54) is 22.3 Å². The summed E-state index contributed by atoms with van der Waals surface area (Å²) in [4.78, 5) is 25.7. The number of nitrogens with zero attached hydrogens (tertiary/aromatic N) is 3. The molecule has 1 amide bonds. The van der Waals surface area contributed by atoms with Crippen molar-refractivity contribution < 1.29 is 19.4 Å². The van der Waals surface area contributed by atoms with Gasteiger partial charge in [0, 0.05) is 24.9 Å². The zero-order valence-corrected chi connectivity index (χ0v) is 16.8. The zero-order valence-electron chi connectivity index (χ0n) is 16.8. The molecule has 8 heteroatoms. The molecule has 0 bridgehead atoms. The number of hydrogen-bond acceptors (Lipinski definition) is 5. The molecule has 1 aromatic heterocycles. The lowest BCUT2D eigenvalue weighted by molar-refractivity contribution is 0.0685. The number of aromatic nitrogens is 3. The van der Waals surface area contributed by atoms with Gasteiger partial charge >= 0.3 is 12.1 Å². The highest BCUT2D eigenvalue weighted by Gasteiger charge is 2.32. The smallest absolute Gasteiger partial charge is 0.409 e.